The lowest BCUT2D eigenvalue weighted by Gasteiger charge is -2.07. The normalized spacial score (nSPS) is 10.9. The molecule has 0 N–H and O–H groups in total. The van der Waals surface area contributed by atoms with Crippen LogP contribution in [0.15, 0.2) is 40.9 Å². The van der Waals surface area contributed by atoms with Gasteiger partial charge in [-0.2, -0.15) is 0 Å². The van der Waals surface area contributed by atoms with Crippen LogP contribution in [0.25, 0.3) is 22.2 Å². The van der Waals surface area contributed by atoms with Crippen LogP contribution in [0.1, 0.15) is 11.1 Å². The molecule has 0 bridgehead atoms. The maximum Gasteiger partial charge on any atom is 0.167 e. The van der Waals surface area contributed by atoms with E-state index >= 15 is 0 Å². The zero-order chi connectivity index (χ0) is 13.4. The quantitative estimate of drug-likeness (QED) is 0.689. The van der Waals surface area contributed by atoms with Gasteiger partial charge in [-0.1, -0.05) is 28.4 Å². The van der Waals surface area contributed by atoms with E-state index in [0.717, 1.165) is 28.0 Å². The standard InChI is InChI=1S/C16H15NO2/c1-10-4-6-14(18-3)12(8-10)16-13-9-11(2)5-7-15(13)19-17-16/h4-9H,1-3H3. The van der Waals surface area contributed by atoms with Crippen LogP contribution in [0, 0.1) is 13.8 Å². The van der Waals surface area contributed by atoms with Crippen LogP contribution in [0.5, 0.6) is 5.75 Å². The molecule has 0 amide bonds. The highest BCUT2D eigenvalue weighted by Crippen LogP contribution is 2.35. The van der Waals surface area contributed by atoms with E-state index in [1.54, 1.807) is 7.11 Å². The zero-order valence-corrected chi connectivity index (χ0v) is 11.2. The lowest BCUT2D eigenvalue weighted by molar-refractivity contribution is 0.415. The van der Waals surface area contributed by atoms with Gasteiger partial charge in [-0.05, 0) is 38.1 Å². The fourth-order valence-electron chi connectivity index (χ4n) is 2.25. The number of aromatic nitrogens is 1. The van der Waals surface area contributed by atoms with Gasteiger partial charge in [0.2, 0.25) is 0 Å². The summed E-state index contributed by atoms with van der Waals surface area (Å²) in [7, 11) is 1.67. The summed E-state index contributed by atoms with van der Waals surface area (Å²) in [6.07, 6.45) is 0. The van der Waals surface area contributed by atoms with Gasteiger partial charge in [-0.15, -0.1) is 0 Å². The molecule has 96 valence electrons. The van der Waals surface area contributed by atoms with Crippen LogP contribution in [0.2, 0.25) is 0 Å². The van der Waals surface area contributed by atoms with Crippen molar-refractivity contribution >= 4 is 11.0 Å². The number of fused-ring (bicyclic) bond motifs is 1. The average Bonchev–Trinajstić information content (AvgIpc) is 2.81. The summed E-state index contributed by atoms with van der Waals surface area (Å²) >= 11 is 0. The minimum atomic E-state index is 0.796. The monoisotopic (exact) mass is 253 g/mol. The first-order valence-electron chi connectivity index (χ1n) is 6.20. The molecule has 0 spiro atoms. The summed E-state index contributed by atoms with van der Waals surface area (Å²) in [5.74, 6) is 0.808. The molecule has 1 aromatic heterocycles. The molecule has 0 atom stereocenters. The molecule has 3 nitrogen and oxygen atoms in total. The number of benzene rings is 2. The Morgan fingerprint density at radius 2 is 1.74 bits per heavy atom. The van der Waals surface area contributed by atoms with Crippen LogP contribution in [-0.2, 0) is 0 Å². The van der Waals surface area contributed by atoms with Crippen LogP contribution >= 0.6 is 0 Å². The topological polar surface area (TPSA) is 35.3 Å². The first-order chi connectivity index (χ1) is 9.19. The zero-order valence-electron chi connectivity index (χ0n) is 11.2. The van der Waals surface area contributed by atoms with Gasteiger partial charge in [0.05, 0.1) is 12.5 Å². The van der Waals surface area contributed by atoms with Gasteiger partial charge < -0.3 is 9.26 Å². The molecule has 3 aromatic rings. The smallest absolute Gasteiger partial charge is 0.167 e. The number of rotatable bonds is 2. The minimum absolute atomic E-state index is 0.796. The highest BCUT2D eigenvalue weighted by atomic mass is 16.5. The molecule has 0 unspecified atom stereocenters. The number of aryl methyl sites for hydroxylation is 2. The van der Waals surface area contributed by atoms with Crippen LogP contribution < -0.4 is 4.74 Å². The molecule has 3 rings (SSSR count). The third kappa shape index (κ3) is 1.97. The van der Waals surface area contributed by atoms with E-state index in [1.165, 1.54) is 11.1 Å². The second kappa shape index (κ2) is 4.43. The average molecular weight is 253 g/mol. The Morgan fingerprint density at radius 1 is 1.00 bits per heavy atom. The fourth-order valence-corrected chi connectivity index (χ4v) is 2.25. The van der Waals surface area contributed by atoms with E-state index < -0.39 is 0 Å². The number of nitrogens with zero attached hydrogens (tertiary/aromatic N) is 1. The third-order valence-corrected chi connectivity index (χ3v) is 3.24. The molecule has 0 saturated heterocycles. The predicted molar refractivity (Wildman–Crippen MR) is 75.5 cm³/mol. The fraction of sp³-hybridized carbons (Fsp3) is 0.188. The molecular weight excluding hydrogens is 238 g/mol. The van der Waals surface area contributed by atoms with Gasteiger partial charge >= 0.3 is 0 Å². The van der Waals surface area contributed by atoms with Crippen molar-refractivity contribution < 1.29 is 9.26 Å². The number of ether oxygens (including phenoxy) is 1. The maximum atomic E-state index is 5.42. The summed E-state index contributed by atoms with van der Waals surface area (Å²) in [6.45, 7) is 4.11. The predicted octanol–water partition coefficient (Wildman–Crippen LogP) is 4.12. The van der Waals surface area contributed by atoms with E-state index in [2.05, 4.69) is 31.1 Å². The van der Waals surface area contributed by atoms with Gasteiger partial charge in [-0.25, -0.2) is 0 Å². The van der Waals surface area contributed by atoms with Crippen molar-refractivity contribution in [2.45, 2.75) is 13.8 Å². The van der Waals surface area contributed by atoms with E-state index in [1.807, 2.05) is 24.3 Å². The molecule has 0 radical (unpaired) electrons. The number of hydrogen-bond donors (Lipinski definition) is 0. The highest BCUT2D eigenvalue weighted by Gasteiger charge is 2.14. The number of hydrogen-bond acceptors (Lipinski definition) is 3. The van der Waals surface area contributed by atoms with Gasteiger partial charge in [0, 0.05) is 5.56 Å². The summed E-state index contributed by atoms with van der Waals surface area (Å²) in [4.78, 5) is 0. The maximum absolute atomic E-state index is 5.42. The van der Waals surface area contributed by atoms with Gasteiger partial charge in [0.25, 0.3) is 0 Å². The second-order valence-corrected chi connectivity index (χ2v) is 4.73. The second-order valence-electron chi connectivity index (χ2n) is 4.73. The van der Waals surface area contributed by atoms with Crippen molar-refractivity contribution in [1.82, 2.24) is 5.16 Å². The van der Waals surface area contributed by atoms with Gasteiger partial charge in [0.15, 0.2) is 5.58 Å². The molecule has 1 heterocycles. The molecule has 0 saturated carbocycles. The van der Waals surface area contributed by atoms with Crippen LogP contribution in [0.3, 0.4) is 0 Å². The molecule has 0 aliphatic rings. The first kappa shape index (κ1) is 11.8. The third-order valence-electron chi connectivity index (χ3n) is 3.24. The summed E-state index contributed by atoms with van der Waals surface area (Å²) < 4.78 is 10.8. The van der Waals surface area contributed by atoms with E-state index in [-0.39, 0.29) is 0 Å². The Bertz CT molecular complexity index is 744. The van der Waals surface area contributed by atoms with Crippen molar-refractivity contribution in [3.63, 3.8) is 0 Å². The van der Waals surface area contributed by atoms with E-state index in [4.69, 9.17) is 9.26 Å². The highest BCUT2D eigenvalue weighted by molar-refractivity contribution is 5.93. The molecular formula is C16H15NO2. The lowest BCUT2D eigenvalue weighted by Crippen LogP contribution is -1.89. The van der Waals surface area contributed by atoms with Gasteiger partial charge in [-0.3, -0.25) is 0 Å². The molecule has 0 aliphatic heterocycles. The van der Waals surface area contributed by atoms with Gasteiger partial charge in [0.1, 0.15) is 11.4 Å². The van der Waals surface area contributed by atoms with E-state index in [9.17, 15) is 0 Å². The molecule has 3 heteroatoms. The summed E-state index contributed by atoms with van der Waals surface area (Å²) in [6, 6.07) is 12.1. The Kier molecular flexibility index (Phi) is 2.75. The summed E-state index contributed by atoms with van der Waals surface area (Å²) in [5, 5.41) is 5.22. The first-order valence-corrected chi connectivity index (χ1v) is 6.20. The molecule has 19 heavy (non-hydrogen) atoms. The van der Waals surface area contributed by atoms with Crippen molar-refractivity contribution in [2.24, 2.45) is 0 Å². The van der Waals surface area contributed by atoms with Crippen molar-refractivity contribution in [3.05, 3.63) is 47.5 Å². The molecule has 0 aliphatic carbocycles. The number of methoxy groups -OCH3 is 1. The Labute approximate surface area is 111 Å². The van der Waals surface area contributed by atoms with Crippen LogP contribution in [0.4, 0.5) is 0 Å². The Hall–Kier alpha value is -2.29. The SMILES string of the molecule is COc1ccc(C)cc1-c1noc2ccc(C)cc12. The largest absolute Gasteiger partial charge is 0.496 e. The Balaban J connectivity index is 2.29. The molecule has 0 fully saturated rings. The van der Waals surface area contributed by atoms with Crippen molar-refractivity contribution in [2.75, 3.05) is 7.11 Å². The van der Waals surface area contributed by atoms with Crippen molar-refractivity contribution in [3.8, 4) is 17.0 Å². The minimum Gasteiger partial charge on any atom is -0.496 e. The summed E-state index contributed by atoms with van der Waals surface area (Å²) in [5.41, 5.74) is 4.94. The lowest BCUT2D eigenvalue weighted by atomic mass is 10.0. The van der Waals surface area contributed by atoms with E-state index in [0.29, 0.717) is 0 Å². The Morgan fingerprint density at radius 3 is 2.53 bits per heavy atom. The van der Waals surface area contributed by atoms with Crippen LogP contribution in [-0.4, -0.2) is 12.3 Å². The molecule has 2 aromatic carbocycles. The van der Waals surface area contributed by atoms with Crippen molar-refractivity contribution in [1.29, 1.82) is 0 Å².